The summed E-state index contributed by atoms with van der Waals surface area (Å²) >= 11 is 0. The van der Waals surface area contributed by atoms with Gasteiger partial charge in [-0.15, -0.1) is 0 Å². The molecule has 1 unspecified atom stereocenters. The molecule has 4 nitrogen and oxygen atoms in total. The van der Waals surface area contributed by atoms with Crippen molar-refractivity contribution in [2.75, 3.05) is 13.6 Å². The third-order valence-corrected chi connectivity index (χ3v) is 2.94. The summed E-state index contributed by atoms with van der Waals surface area (Å²) in [5, 5.41) is 4.10. The monoisotopic (exact) mass is 193 g/mol. The maximum atomic E-state index is 11.6. The molecule has 1 atom stereocenters. The van der Waals surface area contributed by atoms with Crippen molar-refractivity contribution in [3.63, 3.8) is 0 Å². The molecule has 0 aromatic carbocycles. The highest BCUT2D eigenvalue weighted by Gasteiger charge is 2.29. The van der Waals surface area contributed by atoms with Gasteiger partial charge >= 0.3 is 0 Å². The lowest BCUT2D eigenvalue weighted by Gasteiger charge is -2.17. The molecule has 0 saturated carbocycles. The Labute approximate surface area is 83.5 Å². The molecule has 1 aromatic rings. The largest absolute Gasteiger partial charge is 0.298 e. The Morgan fingerprint density at radius 1 is 1.57 bits per heavy atom. The van der Waals surface area contributed by atoms with E-state index in [0.29, 0.717) is 12.2 Å². The van der Waals surface area contributed by atoms with Gasteiger partial charge in [-0.3, -0.25) is 14.4 Å². The van der Waals surface area contributed by atoms with E-state index in [1.165, 1.54) is 0 Å². The van der Waals surface area contributed by atoms with Crippen LogP contribution in [0.25, 0.3) is 0 Å². The van der Waals surface area contributed by atoms with Crippen LogP contribution in [0.2, 0.25) is 0 Å². The first-order chi connectivity index (χ1) is 6.68. The number of Topliss-reactive ketones (excluding diaryl/α,β-unsaturated/α-hetero) is 1. The van der Waals surface area contributed by atoms with E-state index in [2.05, 4.69) is 10.00 Å². The molecule has 1 saturated heterocycles. The summed E-state index contributed by atoms with van der Waals surface area (Å²) in [6.45, 7) is 0.890. The molecule has 0 N–H and O–H groups in total. The number of ketones is 1. The Hall–Kier alpha value is -1.16. The molecule has 4 heteroatoms. The van der Waals surface area contributed by atoms with Gasteiger partial charge in [0.15, 0.2) is 5.78 Å². The van der Waals surface area contributed by atoms with Gasteiger partial charge in [-0.2, -0.15) is 5.10 Å². The number of hydrogen-bond acceptors (Lipinski definition) is 3. The van der Waals surface area contributed by atoms with Crippen LogP contribution in [0.5, 0.6) is 0 Å². The van der Waals surface area contributed by atoms with Crippen LogP contribution in [0.3, 0.4) is 0 Å². The topological polar surface area (TPSA) is 38.1 Å². The van der Waals surface area contributed by atoms with E-state index >= 15 is 0 Å². The van der Waals surface area contributed by atoms with E-state index < -0.39 is 0 Å². The lowest BCUT2D eigenvalue weighted by atomic mass is 10.1. The SMILES string of the molecule is CN1CCC(=O)C1Cc1ccnn1C. The van der Waals surface area contributed by atoms with E-state index in [9.17, 15) is 4.79 Å². The summed E-state index contributed by atoms with van der Waals surface area (Å²) in [7, 11) is 3.92. The van der Waals surface area contributed by atoms with Crippen LogP contribution in [-0.2, 0) is 18.3 Å². The number of aromatic nitrogens is 2. The number of rotatable bonds is 2. The fraction of sp³-hybridized carbons (Fsp3) is 0.600. The van der Waals surface area contributed by atoms with Crippen molar-refractivity contribution in [3.05, 3.63) is 18.0 Å². The molecule has 1 aliphatic rings. The second-order valence-corrected chi connectivity index (χ2v) is 3.86. The number of aryl methyl sites for hydroxylation is 1. The maximum Gasteiger partial charge on any atom is 0.151 e. The van der Waals surface area contributed by atoms with Crippen LogP contribution < -0.4 is 0 Å². The van der Waals surface area contributed by atoms with Gasteiger partial charge < -0.3 is 0 Å². The fourth-order valence-corrected chi connectivity index (χ4v) is 1.92. The van der Waals surface area contributed by atoms with Crippen molar-refractivity contribution >= 4 is 5.78 Å². The van der Waals surface area contributed by atoms with E-state index in [1.54, 1.807) is 6.20 Å². The zero-order valence-corrected chi connectivity index (χ0v) is 8.60. The highest BCUT2D eigenvalue weighted by Crippen LogP contribution is 2.15. The zero-order valence-electron chi connectivity index (χ0n) is 8.60. The van der Waals surface area contributed by atoms with Crippen LogP contribution >= 0.6 is 0 Å². The number of carbonyl (C=O) groups excluding carboxylic acids is 1. The molecular formula is C10H15N3O. The average Bonchev–Trinajstić information content (AvgIpc) is 2.67. The molecule has 1 aromatic heterocycles. The van der Waals surface area contributed by atoms with Crippen molar-refractivity contribution < 1.29 is 4.79 Å². The Balaban J connectivity index is 2.11. The fourth-order valence-electron chi connectivity index (χ4n) is 1.92. The molecule has 0 spiro atoms. The average molecular weight is 193 g/mol. The minimum absolute atomic E-state index is 0.0606. The molecule has 76 valence electrons. The van der Waals surface area contributed by atoms with Gasteiger partial charge in [-0.25, -0.2) is 0 Å². The summed E-state index contributed by atoms with van der Waals surface area (Å²) in [5.74, 6) is 0.355. The Bertz CT molecular complexity index is 345. The molecule has 0 aliphatic carbocycles. The Morgan fingerprint density at radius 2 is 2.36 bits per heavy atom. The van der Waals surface area contributed by atoms with E-state index in [4.69, 9.17) is 0 Å². The van der Waals surface area contributed by atoms with Gasteiger partial charge in [0, 0.05) is 38.3 Å². The van der Waals surface area contributed by atoms with Crippen molar-refractivity contribution in [2.24, 2.45) is 7.05 Å². The number of likely N-dealkylation sites (N-methyl/N-ethyl adjacent to an activating group) is 1. The minimum atomic E-state index is 0.0606. The summed E-state index contributed by atoms with van der Waals surface area (Å²) in [4.78, 5) is 13.7. The van der Waals surface area contributed by atoms with E-state index in [1.807, 2.05) is 24.8 Å². The molecule has 2 rings (SSSR count). The molecular weight excluding hydrogens is 178 g/mol. The Kier molecular flexibility index (Phi) is 2.37. The first-order valence-electron chi connectivity index (χ1n) is 4.88. The van der Waals surface area contributed by atoms with Gasteiger partial charge in [0.1, 0.15) is 0 Å². The molecule has 14 heavy (non-hydrogen) atoms. The number of carbonyl (C=O) groups is 1. The van der Waals surface area contributed by atoms with Crippen molar-refractivity contribution in [3.8, 4) is 0 Å². The van der Waals surface area contributed by atoms with Crippen molar-refractivity contribution in [2.45, 2.75) is 18.9 Å². The molecule has 0 bridgehead atoms. The van der Waals surface area contributed by atoms with Gasteiger partial charge in [0.05, 0.1) is 6.04 Å². The van der Waals surface area contributed by atoms with Crippen molar-refractivity contribution in [1.82, 2.24) is 14.7 Å². The standard InChI is InChI=1S/C10H15N3O/c1-12-6-4-10(14)9(12)7-8-3-5-11-13(8)2/h3,5,9H,4,6-7H2,1-2H3. The summed E-state index contributed by atoms with van der Waals surface area (Å²) in [6.07, 6.45) is 3.25. The van der Waals surface area contributed by atoms with Crippen LogP contribution in [0.15, 0.2) is 12.3 Å². The third-order valence-electron chi connectivity index (χ3n) is 2.94. The molecule has 2 heterocycles. The second-order valence-electron chi connectivity index (χ2n) is 3.86. The van der Waals surface area contributed by atoms with Crippen LogP contribution in [0, 0.1) is 0 Å². The van der Waals surface area contributed by atoms with Gasteiger partial charge in [-0.1, -0.05) is 0 Å². The molecule has 0 radical (unpaired) electrons. The van der Waals surface area contributed by atoms with E-state index in [0.717, 1.165) is 18.7 Å². The van der Waals surface area contributed by atoms with Crippen molar-refractivity contribution in [1.29, 1.82) is 0 Å². The third kappa shape index (κ3) is 1.57. The Morgan fingerprint density at radius 3 is 2.86 bits per heavy atom. The molecule has 0 amide bonds. The predicted molar refractivity (Wildman–Crippen MR) is 53.0 cm³/mol. The summed E-state index contributed by atoms with van der Waals surface area (Å²) in [5.41, 5.74) is 1.12. The zero-order chi connectivity index (χ0) is 10.1. The van der Waals surface area contributed by atoms with Gasteiger partial charge in [0.2, 0.25) is 0 Å². The predicted octanol–water partition coefficient (Wildman–Crippen LogP) is 0.236. The normalized spacial score (nSPS) is 23.3. The summed E-state index contributed by atoms with van der Waals surface area (Å²) in [6, 6.07) is 2.03. The minimum Gasteiger partial charge on any atom is -0.298 e. The smallest absolute Gasteiger partial charge is 0.151 e. The van der Waals surface area contributed by atoms with Gasteiger partial charge in [-0.05, 0) is 13.1 Å². The van der Waals surface area contributed by atoms with Crippen LogP contribution in [0.1, 0.15) is 12.1 Å². The highest BCUT2D eigenvalue weighted by molar-refractivity contribution is 5.86. The number of nitrogens with zero attached hydrogens (tertiary/aromatic N) is 3. The lowest BCUT2D eigenvalue weighted by molar-refractivity contribution is -0.119. The molecule has 1 fully saturated rings. The highest BCUT2D eigenvalue weighted by atomic mass is 16.1. The second kappa shape index (κ2) is 3.53. The van der Waals surface area contributed by atoms with E-state index in [-0.39, 0.29) is 6.04 Å². The van der Waals surface area contributed by atoms with Crippen LogP contribution in [-0.4, -0.2) is 40.1 Å². The molecule has 1 aliphatic heterocycles. The summed E-state index contributed by atoms with van der Waals surface area (Å²) < 4.78 is 1.83. The van der Waals surface area contributed by atoms with Crippen LogP contribution in [0.4, 0.5) is 0 Å². The first-order valence-corrected chi connectivity index (χ1v) is 4.88. The lowest BCUT2D eigenvalue weighted by Crippen LogP contribution is -2.32. The van der Waals surface area contributed by atoms with Gasteiger partial charge in [0.25, 0.3) is 0 Å². The number of likely N-dealkylation sites (tertiary alicyclic amines) is 1. The first kappa shape index (κ1) is 9.40. The quantitative estimate of drug-likeness (QED) is 0.675. The number of hydrogen-bond donors (Lipinski definition) is 0. The maximum absolute atomic E-state index is 11.6.